The van der Waals surface area contributed by atoms with Gasteiger partial charge in [0, 0.05) is 6.54 Å². The summed E-state index contributed by atoms with van der Waals surface area (Å²) in [5.41, 5.74) is 1.39. The van der Waals surface area contributed by atoms with Crippen molar-refractivity contribution in [2.24, 2.45) is 0 Å². The number of hydrogen-bond acceptors (Lipinski definition) is 2. The van der Waals surface area contributed by atoms with Gasteiger partial charge in [-0.3, -0.25) is 9.80 Å². The molecule has 16 heavy (non-hydrogen) atoms. The van der Waals surface area contributed by atoms with Crippen molar-refractivity contribution in [3.63, 3.8) is 0 Å². The van der Waals surface area contributed by atoms with Crippen LogP contribution in [-0.2, 0) is 6.54 Å². The first kappa shape index (κ1) is 15.1. The number of rotatable bonds is 5. The molecule has 2 nitrogen and oxygen atoms in total. The van der Waals surface area contributed by atoms with Gasteiger partial charge in [0.1, 0.15) is 0 Å². The summed E-state index contributed by atoms with van der Waals surface area (Å²) in [5.74, 6) is 0. The third-order valence-electron chi connectivity index (χ3n) is 2.18. The molecule has 0 heterocycles. The zero-order chi connectivity index (χ0) is 12.4. The summed E-state index contributed by atoms with van der Waals surface area (Å²) >= 11 is 0. The van der Waals surface area contributed by atoms with Crippen molar-refractivity contribution in [1.82, 2.24) is 9.80 Å². The molecule has 0 atom stereocenters. The molecule has 92 valence electrons. The lowest BCUT2D eigenvalue weighted by atomic mass is 10.2. The Labute approximate surface area is 101 Å². The van der Waals surface area contributed by atoms with Gasteiger partial charge in [0.15, 0.2) is 0 Å². The highest BCUT2D eigenvalue weighted by Gasteiger charge is 2.03. The summed E-state index contributed by atoms with van der Waals surface area (Å²) in [6.07, 6.45) is 0. The molecular formula is C14H26N2. The first-order chi connectivity index (χ1) is 7.72. The van der Waals surface area contributed by atoms with E-state index in [0.717, 1.165) is 19.8 Å². The molecule has 0 bridgehead atoms. The molecule has 0 radical (unpaired) electrons. The van der Waals surface area contributed by atoms with Crippen LogP contribution in [0.3, 0.4) is 0 Å². The molecule has 0 aromatic heterocycles. The van der Waals surface area contributed by atoms with E-state index >= 15 is 0 Å². The summed E-state index contributed by atoms with van der Waals surface area (Å²) in [4.78, 5) is 4.61. The monoisotopic (exact) mass is 222 g/mol. The van der Waals surface area contributed by atoms with Crippen LogP contribution in [0.1, 0.15) is 26.3 Å². The van der Waals surface area contributed by atoms with Crippen molar-refractivity contribution in [3.05, 3.63) is 35.9 Å². The number of benzene rings is 1. The summed E-state index contributed by atoms with van der Waals surface area (Å²) in [6, 6.07) is 10.6. The molecule has 0 N–H and O–H groups in total. The molecule has 0 unspecified atom stereocenters. The Morgan fingerprint density at radius 3 is 2.00 bits per heavy atom. The minimum atomic E-state index is 1.02. The van der Waals surface area contributed by atoms with Crippen LogP contribution >= 0.6 is 0 Å². The van der Waals surface area contributed by atoms with Gasteiger partial charge in [0.25, 0.3) is 0 Å². The Kier molecular flexibility index (Phi) is 8.87. The lowest BCUT2D eigenvalue weighted by Crippen LogP contribution is -2.32. The van der Waals surface area contributed by atoms with Gasteiger partial charge < -0.3 is 0 Å². The van der Waals surface area contributed by atoms with Crippen molar-refractivity contribution < 1.29 is 0 Å². The standard InChI is InChI=1S/C12H20N2.C2H6/c1-4-14(11-13(2)3)10-12-8-6-5-7-9-12;1-2/h5-9H,4,10-11H2,1-3H3;1-2H3. The zero-order valence-electron chi connectivity index (χ0n) is 11.4. The van der Waals surface area contributed by atoms with Crippen LogP contribution in [0.4, 0.5) is 0 Å². The highest BCUT2D eigenvalue weighted by molar-refractivity contribution is 5.14. The fraction of sp³-hybridized carbons (Fsp3) is 0.571. The van der Waals surface area contributed by atoms with Crippen LogP contribution < -0.4 is 0 Å². The van der Waals surface area contributed by atoms with E-state index in [1.54, 1.807) is 0 Å². The summed E-state index contributed by atoms with van der Waals surface area (Å²) in [7, 11) is 4.21. The van der Waals surface area contributed by atoms with Gasteiger partial charge in [-0.15, -0.1) is 0 Å². The van der Waals surface area contributed by atoms with E-state index in [0.29, 0.717) is 0 Å². The SMILES string of the molecule is CC.CCN(Cc1ccccc1)CN(C)C. The molecule has 0 aliphatic rings. The van der Waals surface area contributed by atoms with Crippen molar-refractivity contribution in [2.75, 3.05) is 27.3 Å². The second kappa shape index (κ2) is 9.37. The predicted molar refractivity (Wildman–Crippen MR) is 72.4 cm³/mol. The third kappa shape index (κ3) is 6.59. The molecule has 0 fully saturated rings. The average Bonchev–Trinajstić information content (AvgIpc) is 2.31. The van der Waals surface area contributed by atoms with Gasteiger partial charge in [0.2, 0.25) is 0 Å². The second-order valence-electron chi connectivity index (χ2n) is 3.85. The van der Waals surface area contributed by atoms with Crippen LogP contribution in [0.5, 0.6) is 0 Å². The maximum absolute atomic E-state index is 2.41. The van der Waals surface area contributed by atoms with Gasteiger partial charge in [-0.05, 0) is 26.2 Å². The highest BCUT2D eigenvalue weighted by Crippen LogP contribution is 2.03. The molecule has 0 spiro atoms. The lowest BCUT2D eigenvalue weighted by molar-refractivity contribution is 0.176. The van der Waals surface area contributed by atoms with Crippen LogP contribution in [0, 0.1) is 0 Å². The van der Waals surface area contributed by atoms with Crippen molar-refractivity contribution >= 4 is 0 Å². The van der Waals surface area contributed by atoms with E-state index in [2.05, 4.69) is 61.2 Å². The molecule has 0 amide bonds. The first-order valence-corrected chi connectivity index (χ1v) is 6.13. The number of nitrogens with zero attached hydrogens (tertiary/aromatic N) is 2. The predicted octanol–water partition coefficient (Wildman–Crippen LogP) is 3.05. The Hall–Kier alpha value is -0.860. The van der Waals surface area contributed by atoms with Crippen LogP contribution in [0.25, 0.3) is 0 Å². The van der Waals surface area contributed by atoms with Crippen molar-refractivity contribution in [1.29, 1.82) is 0 Å². The van der Waals surface area contributed by atoms with Gasteiger partial charge in [-0.25, -0.2) is 0 Å². The average molecular weight is 222 g/mol. The van der Waals surface area contributed by atoms with Gasteiger partial charge in [-0.2, -0.15) is 0 Å². The van der Waals surface area contributed by atoms with Gasteiger partial charge in [0.05, 0.1) is 6.67 Å². The maximum atomic E-state index is 2.41. The van der Waals surface area contributed by atoms with Gasteiger partial charge >= 0.3 is 0 Å². The van der Waals surface area contributed by atoms with Crippen molar-refractivity contribution in [3.8, 4) is 0 Å². The minimum Gasteiger partial charge on any atom is -0.297 e. The summed E-state index contributed by atoms with van der Waals surface area (Å²) in [6.45, 7) is 9.35. The normalized spacial score (nSPS) is 10.2. The minimum absolute atomic E-state index is 1.02. The maximum Gasteiger partial charge on any atom is 0.0503 e. The van der Waals surface area contributed by atoms with E-state index in [4.69, 9.17) is 0 Å². The molecule has 2 heteroatoms. The Balaban J connectivity index is 0.00000106. The molecule has 0 saturated carbocycles. The van der Waals surface area contributed by atoms with Crippen LogP contribution in [-0.4, -0.2) is 37.1 Å². The fourth-order valence-electron chi connectivity index (χ4n) is 1.50. The number of hydrogen-bond donors (Lipinski definition) is 0. The third-order valence-corrected chi connectivity index (χ3v) is 2.18. The largest absolute Gasteiger partial charge is 0.297 e. The first-order valence-electron chi connectivity index (χ1n) is 6.13. The smallest absolute Gasteiger partial charge is 0.0503 e. The van der Waals surface area contributed by atoms with E-state index in [1.165, 1.54) is 5.56 Å². The summed E-state index contributed by atoms with van der Waals surface area (Å²) < 4.78 is 0. The molecule has 0 aliphatic heterocycles. The van der Waals surface area contributed by atoms with E-state index in [-0.39, 0.29) is 0 Å². The van der Waals surface area contributed by atoms with Crippen LogP contribution in [0.2, 0.25) is 0 Å². The van der Waals surface area contributed by atoms with Crippen molar-refractivity contribution in [2.45, 2.75) is 27.3 Å². The summed E-state index contributed by atoms with van der Waals surface area (Å²) in [5, 5.41) is 0. The molecule has 1 aromatic carbocycles. The molecular weight excluding hydrogens is 196 g/mol. The van der Waals surface area contributed by atoms with E-state index < -0.39 is 0 Å². The Bertz CT molecular complexity index is 244. The van der Waals surface area contributed by atoms with Gasteiger partial charge in [-0.1, -0.05) is 51.1 Å². The quantitative estimate of drug-likeness (QED) is 0.707. The highest BCUT2D eigenvalue weighted by atomic mass is 15.3. The molecule has 1 rings (SSSR count). The molecule has 1 aromatic rings. The molecule has 0 aliphatic carbocycles. The van der Waals surface area contributed by atoms with E-state index in [9.17, 15) is 0 Å². The zero-order valence-corrected chi connectivity index (χ0v) is 11.4. The second-order valence-corrected chi connectivity index (χ2v) is 3.85. The Morgan fingerprint density at radius 1 is 1.00 bits per heavy atom. The molecule has 0 saturated heterocycles. The Morgan fingerprint density at radius 2 is 1.56 bits per heavy atom. The lowest BCUT2D eigenvalue weighted by Gasteiger charge is -2.24. The fourth-order valence-corrected chi connectivity index (χ4v) is 1.50. The van der Waals surface area contributed by atoms with E-state index in [1.807, 2.05) is 13.8 Å². The topological polar surface area (TPSA) is 6.48 Å². The van der Waals surface area contributed by atoms with Crippen LogP contribution in [0.15, 0.2) is 30.3 Å².